The van der Waals surface area contributed by atoms with Crippen molar-refractivity contribution in [2.45, 2.75) is 38.9 Å². The summed E-state index contributed by atoms with van der Waals surface area (Å²) < 4.78 is 25.4. The van der Waals surface area contributed by atoms with Gasteiger partial charge in [-0.05, 0) is 54.8 Å². The van der Waals surface area contributed by atoms with Crippen molar-refractivity contribution in [1.82, 2.24) is 0 Å². The standard InChI is InChI=1S/C22H27N3O5S/c1-4-16-6-8-18(9-7-16)24-21(27)14-31(29,30)20(5-2)22(28)25-19-12-10-17(11-13-19)23-15(3)26/h6-13,20H,4-5,14H2,1-3H3,(H,23,26)(H,24,27)(H,25,28). The summed E-state index contributed by atoms with van der Waals surface area (Å²) in [7, 11) is -4.03. The number of sulfone groups is 1. The van der Waals surface area contributed by atoms with E-state index in [0.29, 0.717) is 17.1 Å². The van der Waals surface area contributed by atoms with Crippen LogP contribution in [0, 0.1) is 0 Å². The third kappa shape index (κ3) is 7.21. The molecular formula is C22H27N3O5S. The van der Waals surface area contributed by atoms with E-state index in [0.717, 1.165) is 12.0 Å². The molecule has 0 fully saturated rings. The van der Waals surface area contributed by atoms with Gasteiger partial charge in [-0.3, -0.25) is 14.4 Å². The maximum Gasteiger partial charge on any atom is 0.242 e. The van der Waals surface area contributed by atoms with Gasteiger partial charge in [-0.25, -0.2) is 8.42 Å². The van der Waals surface area contributed by atoms with Crippen molar-refractivity contribution in [1.29, 1.82) is 0 Å². The molecule has 0 aromatic heterocycles. The average Bonchev–Trinajstić information content (AvgIpc) is 2.69. The number of anilines is 3. The number of amides is 3. The molecule has 31 heavy (non-hydrogen) atoms. The van der Waals surface area contributed by atoms with Crippen molar-refractivity contribution < 1.29 is 22.8 Å². The Kier molecular flexibility index (Phi) is 8.32. The molecule has 1 unspecified atom stereocenters. The number of hydrogen-bond acceptors (Lipinski definition) is 5. The highest BCUT2D eigenvalue weighted by Crippen LogP contribution is 2.17. The zero-order valence-corrected chi connectivity index (χ0v) is 18.6. The number of carbonyl (C=O) groups excluding carboxylic acids is 3. The van der Waals surface area contributed by atoms with Crippen molar-refractivity contribution in [2.24, 2.45) is 0 Å². The lowest BCUT2D eigenvalue weighted by Crippen LogP contribution is -2.39. The van der Waals surface area contributed by atoms with Gasteiger partial charge in [-0.1, -0.05) is 26.0 Å². The van der Waals surface area contributed by atoms with Crippen LogP contribution >= 0.6 is 0 Å². The molecule has 2 rings (SSSR count). The second-order valence-electron chi connectivity index (χ2n) is 7.05. The van der Waals surface area contributed by atoms with Gasteiger partial charge in [-0.15, -0.1) is 0 Å². The summed E-state index contributed by atoms with van der Waals surface area (Å²) in [5, 5.41) is 6.34. The quantitative estimate of drug-likeness (QED) is 0.548. The van der Waals surface area contributed by atoms with E-state index in [1.54, 1.807) is 43.3 Å². The summed E-state index contributed by atoms with van der Waals surface area (Å²) in [5.41, 5.74) is 2.52. The van der Waals surface area contributed by atoms with E-state index in [9.17, 15) is 22.8 Å². The van der Waals surface area contributed by atoms with Gasteiger partial charge in [0.1, 0.15) is 11.0 Å². The van der Waals surface area contributed by atoms with Crippen LogP contribution in [0.25, 0.3) is 0 Å². The van der Waals surface area contributed by atoms with E-state index in [1.165, 1.54) is 6.92 Å². The SMILES string of the molecule is CCc1ccc(NC(=O)CS(=O)(=O)C(CC)C(=O)Nc2ccc(NC(C)=O)cc2)cc1. The Balaban J connectivity index is 2.02. The first-order chi connectivity index (χ1) is 14.6. The maximum absolute atomic E-state index is 12.7. The minimum Gasteiger partial charge on any atom is -0.326 e. The minimum absolute atomic E-state index is 0.0244. The molecule has 2 aromatic rings. The fourth-order valence-corrected chi connectivity index (χ4v) is 4.50. The van der Waals surface area contributed by atoms with Crippen LogP contribution in [0.1, 0.15) is 32.8 Å². The number of carbonyl (C=O) groups is 3. The molecular weight excluding hydrogens is 418 g/mol. The molecule has 0 saturated carbocycles. The minimum atomic E-state index is -4.03. The number of aryl methyl sites for hydroxylation is 1. The molecule has 166 valence electrons. The normalized spacial score (nSPS) is 12.0. The molecule has 9 heteroatoms. The molecule has 2 aromatic carbocycles. The van der Waals surface area contributed by atoms with Crippen LogP contribution in [0.4, 0.5) is 17.1 Å². The molecule has 3 N–H and O–H groups in total. The molecule has 1 atom stereocenters. The smallest absolute Gasteiger partial charge is 0.242 e. The lowest BCUT2D eigenvalue weighted by molar-refractivity contribution is -0.116. The first kappa shape index (κ1) is 24.1. The van der Waals surface area contributed by atoms with Crippen LogP contribution in [-0.4, -0.2) is 37.1 Å². The highest BCUT2D eigenvalue weighted by molar-refractivity contribution is 7.93. The summed E-state index contributed by atoms with van der Waals surface area (Å²) in [6.45, 7) is 4.96. The highest BCUT2D eigenvalue weighted by atomic mass is 32.2. The molecule has 0 aliphatic carbocycles. The van der Waals surface area contributed by atoms with Crippen molar-refractivity contribution in [3.05, 3.63) is 54.1 Å². The monoisotopic (exact) mass is 445 g/mol. The third-order valence-electron chi connectivity index (χ3n) is 4.55. The largest absolute Gasteiger partial charge is 0.326 e. The lowest BCUT2D eigenvalue weighted by atomic mass is 10.1. The molecule has 3 amide bonds. The average molecular weight is 446 g/mol. The summed E-state index contributed by atoms with van der Waals surface area (Å²) in [6, 6.07) is 13.4. The van der Waals surface area contributed by atoms with E-state index in [-0.39, 0.29) is 12.3 Å². The van der Waals surface area contributed by atoms with E-state index < -0.39 is 32.7 Å². The molecule has 8 nitrogen and oxygen atoms in total. The lowest BCUT2D eigenvalue weighted by Gasteiger charge is -2.16. The fraction of sp³-hybridized carbons (Fsp3) is 0.318. The van der Waals surface area contributed by atoms with Crippen LogP contribution in [-0.2, 0) is 30.6 Å². The van der Waals surface area contributed by atoms with Crippen molar-refractivity contribution >= 4 is 44.6 Å². The Hall–Kier alpha value is -3.20. The molecule has 0 aliphatic heterocycles. The molecule has 0 saturated heterocycles. The van der Waals surface area contributed by atoms with Crippen LogP contribution in [0.3, 0.4) is 0 Å². The Morgan fingerprint density at radius 1 is 0.806 bits per heavy atom. The van der Waals surface area contributed by atoms with E-state index in [2.05, 4.69) is 16.0 Å². The van der Waals surface area contributed by atoms with Gasteiger partial charge in [0.25, 0.3) is 0 Å². The number of nitrogens with one attached hydrogen (secondary N) is 3. The predicted molar refractivity (Wildman–Crippen MR) is 122 cm³/mol. The van der Waals surface area contributed by atoms with Crippen molar-refractivity contribution in [3.63, 3.8) is 0 Å². The van der Waals surface area contributed by atoms with E-state index in [1.807, 2.05) is 19.1 Å². The third-order valence-corrected chi connectivity index (χ3v) is 6.63. The van der Waals surface area contributed by atoms with Crippen molar-refractivity contribution in [3.8, 4) is 0 Å². The van der Waals surface area contributed by atoms with Crippen LogP contribution < -0.4 is 16.0 Å². The van der Waals surface area contributed by atoms with Crippen LogP contribution in [0.15, 0.2) is 48.5 Å². The summed E-state index contributed by atoms with van der Waals surface area (Å²) in [6.07, 6.45) is 0.877. The predicted octanol–water partition coefficient (Wildman–Crippen LogP) is 2.98. The van der Waals surface area contributed by atoms with Gasteiger partial charge in [-0.2, -0.15) is 0 Å². The number of benzene rings is 2. The number of rotatable bonds is 9. The second-order valence-corrected chi connectivity index (χ2v) is 9.23. The Morgan fingerprint density at radius 3 is 1.77 bits per heavy atom. The fourth-order valence-electron chi connectivity index (χ4n) is 2.97. The Morgan fingerprint density at radius 2 is 1.29 bits per heavy atom. The molecule has 0 spiro atoms. The van der Waals surface area contributed by atoms with Crippen LogP contribution in [0.2, 0.25) is 0 Å². The zero-order chi connectivity index (χ0) is 23.0. The molecule has 0 aliphatic rings. The van der Waals surface area contributed by atoms with E-state index >= 15 is 0 Å². The van der Waals surface area contributed by atoms with Crippen molar-refractivity contribution in [2.75, 3.05) is 21.7 Å². The molecule has 0 radical (unpaired) electrons. The van der Waals surface area contributed by atoms with Crippen LogP contribution in [0.5, 0.6) is 0 Å². The first-order valence-electron chi connectivity index (χ1n) is 9.93. The summed E-state index contributed by atoms with van der Waals surface area (Å²) in [5.74, 6) is -2.44. The maximum atomic E-state index is 12.7. The number of hydrogen-bond donors (Lipinski definition) is 3. The van der Waals surface area contributed by atoms with Gasteiger partial charge in [0.2, 0.25) is 17.7 Å². The topological polar surface area (TPSA) is 121 Å². The zero-order valence-electron chi connectivity index (χ0n) is 17.8. The molecule has 0 bridgehead atoms. The first-order valence-corrected chi connectivity index (χ1v) is 11.6. The summed E-state index contributed by atoms with van der Waals surface area (Å²) in [4.78, 5) is 35.9. The van der Waals surface area contributed by atoms with Gasteiger partial charge < -0.3 is 16.0 Å². The van der Waals surface area contributed by atoms with Gasteiger partial charge in [0.15, 0.2) is 9.84 Å². The highest BCUT2D eigenvalue weighted by Gasteiger charge is 2.33. The van der Waals surface area contributed by atoms with Gasteiger partial charge >= 0.3 is 0 Å². The van der Waals surface area contributed by atoms with Gasteiger partial charge in [0.05, 0.1) is 0 Å². The van der Waals surface area contributed by atoms with E-state index in [4.69, 9.17) is 0 Å². The second kappa shape index (κ2) is 10.7. The summed E-state index contributed by atoms with van der Waals surface area (Å²) >= 11 is 0. The van der Waals surface area contributed by atoms with Gasteiger partial charge in [0, 0.05) is 24.0 Å². The molecule has 0 heterocycles. The Labute approximate surface area is 182 Å². The Bertz CT molecular complexity index is 1030.